The van der Waals surface area contributed by atoms with Crippen LogP contribution in [-0.4, -0.2) is 0 Å². The third kappa shape index (κ3) is 2.92. The van der Waals surface area contributed by atoms with Gasteiger partial charge in [0.25, 0.3) is 0 Å². The molecule has 1 unspecified atom stereocenters. The van der Waals surface area contributed by atoms with Crippen LogP contribution in [0.25, 0.3) is 0 Å². The lowest BCUT2D eigenvalue weighted by Gasteiger charge is -2.10. The van der Waals surface area contributed by atoms with Gasteiger partial charge in [-0.25, -0.2) is 8.78 Å². The van der Waals surface area contributed by atoms with Crippen molar-refractivity contribution < 1.29 is 13.5 Å². The summed E-state index contributed by atoms with van der Waals surface area (Å²) in [5.41, 5.74) is 6.20. The lowest BCUT2D eigenvalue weighted by Crippen LogP contribution is -2.05. The second kappa shape index (κ2) is 5.68. The Kier molecular flexibility index (Phi) is 3.97. The van der Waals surface area contributed by atoms with Gasteiger partial charge in [0.2, 0.25) is 0 Å². The number of nitrogens with two attached hydrogens (primary N) is 1. The molecule has 0 saturated carbocycles. The van der Waals surface area contributed by atoms with Crippen molar-refractivity contribution in [3.8, 4) is 17.6 Å². The normalized spacial score (nSPS) is 11.8. The molecule has 0 amide bonds. The predicted molar refractivity (Wildman–Crippen MR) is 70.2 cm³/mol. The van der Waals surface area contributed by atoms with Gasteiger partial charge in [-0.2, -0.15) is 5.26 Å². The fourth-order valence-corrected chi connectivity index (χ4v) is 1.66. The molecule has 0 fully saturated rings. The molecule has 2 rings (SSSR count). The Bertz CT molecular complexity index is 678. The summed E-state index contributed by atoms with van der Waals surface area (Å²) in [4.78, 5) is 0. The lowest BCUT2D eigenvalue weighted by molar-refractivity contribution is 0.437. The SMILES string of the molecule is CC(N)c1ccc(Oc2ccc(C#N)c(F)c2)c(F)c1. The Morgan fingerprint density at radius 2 is 1.90 bits per heavy atom. The summed E-state index contributed by atoms with van der Waals surface area (Å²) >= 11 is 0. The zero-order chi connectivity index (χ0) is 14.7. The fourth-order valence-electron chi connectivity index (χ4n) is 1.66. The highest BCUT2D eigenvalue weighted by molar-refractivity contribution is 5.39. The monoisotopic (exact) mass is 274 g/mol. The summed E-state index contributed by atoms with van der Waals surface area (Å²) in [7, 11) is 0. The summed E-state index contributed by atoms with van der Waals surface area (Å²) in [6, 6.07) is 9.49. The average molecular weight is 274 g/mol. The van der Waals surface area contributed by atoms with Gasteiger partial charge in [-0.15, -0.1) is 0 Å². The number of nitriles is 1. The van der Waals surface area contributed by atoms with Gasteiger partial charge >= 0.3 is 0 Å². The Morgan fingerprint density at radius 1 is 1.15 bits per heavy atom. The molecule has 20 heavy (non-hydrogen) atoms. The quantitative estimate of drug-likeness (QED) is 0.929. The van der Waals surface area contributed by atoms with Gasteiger partial charge in [-0.1, -0.05) is 6.07 Å². The van der Waals surface area contributed by atoms with Crippen LogP contribution in [0.15, 0.2) is 36.4 Å². The zero-order valence-corrected chi connectivity index (χ0v) is 10.7. The number of benzene rings is 2. The molecule has 2 N–H and O–H groups in total. The van der Waals surface area contributed by atoms with E-state index in [1.807, 2.05) is 0 Å². The van der Waals surface area contributed by atoms with Crippen molar-refractivity contribution in [3.63, 3.8) is 0 Å². The Morgan fingerprint density at radius 3 is 2.45 bits per heavy atom. The predicted octanol–water partition coefficient (Wildman–Crippen LogP) is 3.65. The second-order valence-electron chi connectivity index (χ2n) is 4.33. The molecule has 0 aliphatic carbocycles. The summed E-state index contributed by atoms with van der Waals surface area (Å²) in [5.74, 6) is -1.20. The van der Waals surface area contributed by atoms with Crippen LogP contribution in [-0.2, 0) is 0 Å². The Labute approximate surface area is 115 Å². The van der Waals surface area contributed by atoms with Crippen LogP contribution in [0.1, 0.15) is 24.1 Å². The highest BCUT2D eigenvalue weighted by atomic mass is 19.1. The summed E-state index contributed by atoms with van der Waals surface area (Å²) in [5, 5.41) is 8.62. The molecule has 1 atom stereocenters. The molecule has 0 aliphatic heterocycles. The van der Waals surface area contributed by atoms with Crippen LogP contribution in [0.2, 0.25) is 0 Å². The van der Waals surface area contributed by atoms with E-state index in [1.54, 1.807) is 19.1 Å². The molecule has 0 aromatic heterocycles. The minimum Gasteiger partial charge on any atom is -0.454 e. The number of rotatable bonds is 3. The first-order valence-corrected chi connectivity index (χ1v) is 5.94. The number of hydrogen-bond donors (Lipinski definition) is 1. The first-order chi connectivity index (χ1) is 9.51. The number of ether oxygens (including phenoxy) is 1. The van der Waals surface area contributed by atoms with Crippen LogP contribution in [0, 0.1) is 23.0 Å². The second-order valence-corrected chi connectivity index (χ2v) is 4.33. The van der Waals surface area contributed by atoms with Gasteiger partial charge in [0, 0.05) is 12.1 Å². The largest absolute Gasteiger partial charge is 0.454 e. The third-order valence-corrected chi connectivity index (χ3v) is 2.77. The first-order valence-electron chi connectivity index (χ1n) is 5.94. The molecule has 2 aromatic carbocycles. The molecule has 3 nitrogen and oxygen atoms in total. The van der Waals surface area contributed by atoms with Gasteiger partial charge < -0.3 is 10.5 Å². The number of hydrogen-bond acceptors (Lipinski definition) is 3. The summed E-state index contributed by atoms with van der Waals surface area (Å²) in [6.45, 7) is 1.74. The maximum Gasteiger partial charge on any atom is 0.166 e. The number of halogens is 2. The lowest BCUT2D eigenvalue weighted by atomic mass is 10.1. The topological polar surface area (TPSA) is 59.0 Å². The summed E-state index contributed by atoms with van der Waals surface area (Å²) < 4.78 is 32.5. The van der Waals surface area contributed by atoms with Crippen molar-refractivity contribution in [1.29, 1.82) is 5.26 Å². The molecular formula is C15H12F2N2O. The average Bonchev–Trinajstić information content (AvgIpc) is 2.41. The van der Waals surface area contributed by atoms with E-state index in [4.69, 9.17) is 15.7 Å². The molecule has 0 spiro atoms. The van der Waals surface area contributed by atoms with Crippen molar-refractivity contribution in [2.24, 2.45) is 5.73 Å². The first kappa shape index (κ1) is 14.0. The van der Waals surface area contributed by atoms with E-state index in [2.05, 4.69) is 0 Å². The van der Waals surface area contributed by atoms with Crippen molar-refractivity contribution in [2.75, 3.05) is 0 Å². The van der Waals surface area contributed by atoms with Crippen molar-refractivity contribution in [1.82, 2.24) is 0 Å². The van der Waals surface area contributed by atoms with E-state index in [1.165, 1.54) is 24.3 Å². The molecule has 0 aliphatic rings. The maximum absolute atomic E-state index is 13.8. The highest BCUT2D eigenvalue weighted by Crippen LogP contribution is 2.27. The minimum atomic E-state index is -0.711. The van der Waals surface area contributed by atoms with E-state index in [-0.39, 0.29) is 23.1 Å². The van der Waals surface area contributed by atoms with Gasteiger partial charge in [-0.3, -0.25) is 0 Å². The fraction of sp³-hybridized carbons (Fsp3) is 0.133. The molecule has 0 bridgehead atoms. The van der Waals surface area contributed by atoms with E-state index < -0.39 is 11.6 Å². The zero-order valence-electron chi connectivity index (χ0n) is 10.7. The molecule has 0 radical (unpaired) electrons. The van der Waals surface area contributed by atoms with Crippen molar-refractivity contribution in [2.45, 2.75) is 13.0 Å². The standard InChI is InChI=1S/C15H12F2N2O/c1-9(19)10-3-5-15(14(17)6-10)20-12-4-2-11(8-18)13(16)7-12/h2-7,9H,19H2,1H3. The minimum absolute atomic E-state index is 0.0292. The molecule has 2 aromatic rings. The van der Waals surface area contributed by atoms with Crippen molar-refractivity contribution in [3.05, 3.63) is 59.2 Å². The third-order valence-electron chi connectivity index (χ3n) is 2.77. The van der Waals surface area contributed by atoms with Gasteiger partial charge in [0.1, 0.15) is 17.6 Å². The molecule has 0 saturated heterocycles. The van der Waals surface area contributed by atoms with E-state index in [0.29, 0.717) is 5.56 Å². The van der Waals surface area contributed by atoms with E-state index >= 15 is 0 Å². The maximum atomic E-state index is 13.8. The highest BCUT2D eigenvalue weighted by Gasteiger charge is 2.10. The van der Waals surface area contributed by atoms with Crippen LogP contribution in [0.3, 0.4) is 0 Å². The molecule has 102 valence electrons. The van der Waals surface area contributed by atoms with Crippen LogP contribution < -0.4 is 10.5 Å². The number of nitrogens with zero attached hydrogens (tertiary/aromatic N) is 1. The van der Waals surface area contributed by atoms with Crippen LogP contribution in [0.5, 0.6) is 11.5 Å². The molecule has 5 heteroatoms. The Hall–Kier alpha value is -2.45. The van der Waals surface area contributed by atoms with Crippen molar-refractivity contribution >= 4 is 0 Å². The Balaban J connectivity index is 2.26. The molecule has 0 heterocycles. The smallest absolute Gasteiger partial charge is 0.166 e. The van der Waals surface area contributed by atoms with Gasteiger partial charge in [-0.05, 0) is 36.8 Å². The summed E-state index contributed by atoms with van der Waals surface area (Å²) in [6.07, 6.45) is 0. The van der Waals surface area contributed by atoms with E-state index in [9.17, 15) is 8.78 Å². The van der Waals surface area contributed by atoms with Gasteiger partial charge in [0.15, 0.2) is 11.6 Å². The van der Waals surface area contributed by atoms with E-state index in [0.717, 1.165) is 6.07 Å². The molecular weight excluding hydrogens is 262 g/mol. The van der Waals surface area contributed by atoms with Gasteiger partial charge in [0.05, 0.1) is 5.56 Å². The van der Waals surface area contributed by atoms with Crippen LogP contribution in [0.4, 0.5) is 8.78 Å². The van der Waals surface area contributed by atoms with Crippen LogP contribution >= 0.6 is 0 Å².